The van der Waals surface area contributed by atoms with E-state index in [-0.39, 0.29) is 0 Å². The molecule has 2 bridgehead atoms. The summed E-state index contributed by atoms with van der Waals surface area (Å²) in [5, 5.41) is 0. The molecule has 3 aliphatic carbocycles. The van der Waals surface area contributed by atoms with Crippen LogP contribution in [0.1, 0.15) is 33.6 Å². The fourth-order valence-electron chi connectivity index (χ4n) is 3.51. The van der Waals surface area contributed by atoms with Crippen LogP contribution in [-0.4, -0.2) is 11.7 Å². The van der Waals surface area contributed by atoms with E-state index in [1.165, 1.54) is 12.8 Å². The highest BCUT2D eigenvalue weighted by atomic mass is 16.6. The highest BCUT2D eigenvalue weighted by Crippen LogP contribution is 2.70. The lowest BCUT2D eigenvalue weighted by atomic mass is 9.46. The van der Waals surface area contributed by atoms with Crippen LogP contribution in [0, 0.1) is 17.3 Å². The Bertz CT molecular complexity index is 216. The topological polar surface area (TPSA) is 12.5 Å². The molecule has 1 heteroatoms. The van der Waals surface area contributed by atoms with Crippen LogP contribution in [0.3, 0.4) is 0 Å². The van der Waals surface area contributed by atoms with E-state index in [9.17, 15) is 0 Å². The Balaban J connectivity index is 1.98. The van der Waals surface area contributed by atoms with Gasteiger partial charge in [-0.3, -0.25) is 0 Å². The molecule has 1 saturated heterocycles. The van der Waals surface area contributed by atoms with E-state index in [4.69, 9.17) is 4.74 Å². The molecule has 0 aromatic heterocycles. The first-order valence-electron chi connectivity index (χ1n) is 4.73. The van der Waals surface area contributed by atoms with Crippen LogP contribution in [0.4, 0.5) is 0 Å². The highest BCUT2D eigenvalue weighted by molar-refractivity contribution is 5.20. The van der Waals surface area contributed by atoms with Gasteiger partial charge in [-0.1, -0.05) is 13.8 Å². The minimum atomic E-state index is 0.304. The van der Waals surface area contributed by atoms with Gasteiger partial charge in [0.05, 0.1) is 11.7 Å². The second kappa shape index (κ2) is 1.39. The van der Waals surface area contributed by atoms with Gasteiger partial charge in [0.15, 0.2) is 0 Å². The van der Waals surface area contributed by atoms with E-state index in [0.717, 1.165) is 11.8 Å². The van der Waals surface area contributed by atoms with Crippen LogP contribution in [0.2, 0.25) is 0 Å². The van der Waals surface area contributed by atoms with Crippen LogP contribution in [0.15, 0.2) is 0 Å². The van der Waals surface area contributed by atoms with Gasteiger partial charge in [0.1, 0.15) is 0 Å². The molecule has 0 N–H and O–H groups in total. The number of rotatable bonds is 0. The van der Waals surface area contributed by atoms with Crippen molar-refractivity contribution in [3.05, 3.63) is 0 Å². The molecule has 1 nitrogen and oxygen atoms in total. The Labute approximate surface area is 68.1 Å². The number of ether oxygens (including phenoxy) is 1. The van der Waals surface area contributed by atoms with Gasteiger partial charge in [-0.05, 0) is 37.0 Å². The van der Waals surface area contributed by atoms with E-state index < -0.39 is 0 Å². The lowest BCUT2D eigenvalue weighted by Gasteiger charge is -2.57. The SMILES string of the molecule is CC12OC1C[C@@H]1C[C@H]2C1(C)C. The Morgan fingerprint density at radius 2 is 1.91 bits per heavy atom. The molecular weight excluding hydrogens is 136 g/mol. The normalized spacial score (nSPS) is 63.0. The van der Waals surface area contributed by atoms with Crippen LogP contribution in [-0.2, 0) is 4.74 Å². The number of epoxide rings is 1. The van der Waals surface area contributed by atoms with Gasteiger partial charge in [0.25, 0.3) is 0 Å². The fraction of sp³-hybridized carbons (Fsp3) is 1.00. The first-order valence-corrected chi connectivity index (χ1v) is 4.73. The molecule has 0 aromatic carbocycles. The maximum absolute atomic E-state index is 5.75. The molecule has 1 aliphatic heterocycles. The molecule has 3 saturated carbocycles. The van der Waals surface area contributed by atoms with Crippen LogP contribution in [0.25, 0.3) is 0 Å². The summed E-state index contributed by atoms with van der Waals surface area (Å²) in [6.45, 7) is 7.13. The zero-order chi connectivity index (χ0) is 7.85. The van der Waals surface area contributed by atoms with Gasteiger partial charge in [0, 0.05) is 0 Å². The maximum Gasteiger partial charge on any atom is 0.0953 e. The third-order valence-electron chi connectivity index (χ3n) is 4.64. The molecule has 11 heavy (non-hydrogen) atoms. The minimum Gasteiger partial charge on any atom is -0.366 e. The molecule has 62 valence electrons. The molecule has 0 radical (unpaired) electrons. The predicted octanol–water partition coefficient (Wildman–Crippen LogP) is 2.21. The van der Waals surface area contributed by atoms with Crippen molar-refractivity contribution in [3.63, 3.8) is 0 Å². The second-order valence-electron chi connectivity index (χ2n) is 5.33. The molecule has 2 unspecified atom stereocenters. The standard InChI is InChI=1S/C10H16O/c1-9(2)6-4-7(9)10(3)8(5-6)11-10/h6-8H,4-5H2,1-3H3/t6-,7-,8?,10?/m0/s1. The lowest BCUT2D eigenvalue weighted by molar-refractivity contribution is -0.0789. The average Bonchev–Trinajstić information content (AvgIpc) is 2.58. The first kappa shape index (κ1) is 6.47. The number of hydrogen-bond acceptors (Lipinski definition) is 1. The monoisotopic (exact) mass is 152 g/mol. The molecular formula is C10H16O. The molecule has 0 amide bonds. The van der Waals surface area contributed by atoms with Crippen LogP contribution < -0.4 is 0 Å². The van der Waals surface area contributed by atoms with E-state index >= 15 is 0 Å². The Hall–Kier alpha value is -0.0400. The van der Waals surface area contributed by atoms with Gasteiger partial charge in [-0.2, -0.15) is 0 Å². The van der Waals surface area contributed by atoms with E-state index in [0.29, 0.717) is 17.1 Å². The van der Waals surface area contributed by atoms with Crippen LogP contribution in [0.5, 0.6) is 0 Å². The lowest BCUT2D eigenvalue weighted by Crippen LogP contribution is -2.56. The van der Waals surface area contributed by atoms with Crippen molar-refractivity contribution >= 4 is 0 Å². The van der Waals surface area contributed by atoms with E-state index in [2.05, 4.69) is 20.8 Å². The van der Waals surface area contributed by atoms with Crippen molar-refractivity contribution < 1.29 is 4.74 Å². The molecule has 4 fully saturated rings. The first-order chi connectivity index (χ1) is 5.05. The van der Waals surface area contributed by atoms with Crippen molar-refractivity contribution in [3.8, 4) is 0 Å². The zero-order valence-corrected chi connectivity index (χ0v) is 7.55. The molecule has 4 atom stereocenters. The second-order valence-corrected chi connectivity index (χ2v) is 5.33. The van der Waals surface area contributed by atoms with Gasteiger partial charge in [-0.15, -0.1) is 0 Å². The van der Waals surface area contributed by atoms with Crippen molar-refractivity contribution in [2.24, 2.45) is 17.3 Å². The van der Waals surface area contributed by atoms with Crippen LogP contribution >= 0.6 is 0 Å². The fourth-order valence-corrected chi connectivity index (χ4v) is 3.51. The summed E-state index contributed by atoms with van der Waals surface area (Å²) >= 11 is 0. The molecule has 1 heterocycles. The summed E-state index contributed by atoms with van der Waals surface area (Å²) < 4.78 is 5.75. The van der Waals surface area contributed by atoms with Crippen molar-refractivity contribution in [2.45, 2.75) is 45.3 Å². The summed E-state index contributed by atoms with van der Waals surface area (Å²) in [5.74, 6) is 1.83. The third-order valence-corrected chi connectivity index (χ3v) is 4.64. The Morgan fingerprint density at radius 1 is 1.18 bits per heavy atom. The van der Waals surface area contributed by atoms with E-state index in [1.54, 1.807) is 0 Å². The average molecular weight is 152 g/mol. The zero-order valence-electron chi connectivity index (χ0n) is 7.55. The summed E-state index contributed by atoms with van der Waals surface area (Å²) in [7, 11) is 0. The van der Waals surface area contributed by atoms with Gasteiger partial charge in [0.2, 0.25) is 0 Å². The van der Waals surface area contributed by atoms with E-state index in [1.807, 2.05) is 0 Å². The largest absolute Gasteiger partial charge is 0.366 e. The van der Waals surface area contributed by atoms with Crippen molar-refractivity contribution in [2.75, 3.05) is 0 Å². The van der Waals surface area contributed by atoms with Crippen molar-refractivity contribution in [1.29, 1.82) is 0 Å². The highest BCUT2D eigenvalue weighted by Gasteiger charge is 2.72. The maximum atomic E-state index is 5.75. The quantitative estimate of drug-likeness (QED) is 0.485. The van der Waals surface area contributed by atoms with Gasteiger partial charge in [-0.25, -0.2) is 0 Å². The summed E-state index contributed by atoms with van der Waals surface area (Å²) in [5.41, 5.74) is 0.889. The summed E-state index contributed by atoms with van der Waals surface area (Å²) in [6, 6.07) is 0. The number of hydrogen-bond donors (Lipinski definition) is 0. The Kier molecular flexibility index (Phi) is 0.820. The Morgan fingerprint density at radius 3 is 2.36 bits per heavy atom. The summed E-state index contributed by atoms with van der Waals surface area (Å²) in [6.07, 6.45) is 3.40. The van der Waals surface area contributed by atoms with Gasteiger partial charge >= 0.3 is 0 Å². The van der Waals surface area contributed by atoms with Gasteiger partial charge < -0.3 is 4.74 Å². The molecule has 0 spiro atoms. The van der Waals surface area contributed by atoms with Crippen molar-refractivity contribution in [1.82, 2.24) is 0 Å². The molecule has 4 rings (SSSR count). The molecule has 0 aromatic rings. The molecule has 4 aliphatic rings. The predicted molar refractivity (Wildman–Crippen MR) is 43.3 cm³/mol. The smallest absolute Gasteiger partial charge is 0.0953 e. The third kappa shape index (κ3) is 0.516. The minimum absolute atomic E-state index is 0.304. The summed E-state index contributed by atoms with van der Waals surface area (Å²) in [4.78, 5) is 0.